The number of hydrogen-bond donors (Lipinski definition) is 2. The average molecular weight is 351 g/mol. The van der Waals surface area contributed by atoms with Crippen molar-refractivity contribution in [2.75, 3.05) is 18.5 Å². The maximum Gasteiger partial charge on any atom is 0.272 e. The Balaban J connectivity index is 0.00000264. The maximum absolute atomic E-state index is 12.2. The van der Waals surface area contributed by atoms with E-state index >= 15 is 0 Å². The van der Waals surface area contributed by atoms with E-state index in [0.717, 1.165) is 12.0 Å². The van der Waals surface area contributed by atoms with E-state index in [9.17, 15) is 13.6 Å². The molecule has 0 saturated carbocycles. The Labute approximate surface area is 139 Å². The number of carbonyl (C=O) groups excluding carboxylic acids is 1. The van der Waals surface area contributed by atoms with Crippen LogP contribution < -0.4 is 15.8 Å². The molecule has 0 spiro atoms. The van der Waals surface area contributed by atoms with Crippen LogP contribution in [0.3, 0.4) is 0 Å². The summed E-state index contributed by atoms with van der Waals surface area (Å²) in [6.45, 7) is 1.46. The maximum atomic E-state index is 12.2. The molecule has 1 aromatic carbocycles. The molecular weight excluding hydrogens is 330 g/mol. The summed E-state index contributed by atoms with van der Waals surface area (Å²) >= 11 is 0. The molecule has 0 aromatic heterocycles. The van der Waals surface area contributed by atoms with Crippen molar-refractivity contribution < 1.29 is 23.0 Å². The lowest BCUT2D eigenvalue weighted by Gasteiger charge is -2.14. The molecule has 2 rings (SSSR count). The van der Waals surface area contributed by atoms with Gasteiger partial charge in [0.05, 0.1) is 6.10 Å². The number of halogens is 3. The van der Waals surface area contributed by atoms with Crippen molar-refractivity contribution in [2.24, 2.45) is 5.73 Å². The van der Waals surface area contributed by atoms with Crippen LogP contribution in [0.1, 0.15) is 18.4 Å². The van der Waals surface area contributed by atoms with Gasteiger partial charge in [-0.15, -0.1) is 12.4 Å². The molecule has 1 saturated heterocycles. The molecule has 130 valence electrons. The number of anilines is 1. The monoisotopic (exact) mass is 350 g/mol. The zero-order valence-electron chi connectivity index (χ0n) is 12.8. The summed E-state index contributed by atoms with van der Waals surface area (Å²) in [7, 11) is 0. The fourth-order valence-electron chi connectivity index (χ4n) is 2.28. The first kappa shape index (κ1) is 19.6. The van der Waals surface area contributed by atoms with Crippen LogP contribution in [0.5, 0.6) is 5.75 Å². The summed E-state index contributed by atoms with van der Waals surface area (Å²) in [5.41, 5.74) is 6.72. The Morgan fingerprint density at radius 1 is 1.48 bits per heavy atom. The Hall–Kier alpha value is -1.44. The first-order valence-corrected chi connectivity index (χ1v) is 7.17. The lowest BCUT2D eigenvalue weighted by molar-refractivity contribution is -0.126. The van der Waals surface area contributed by atoms with E-state index in [1.54, 1.807) is 19.1 Å². The second kappa shape index (κ2) is 9.00. The van der Waals surface area contributed by atoms with E-state index in [1.165, 1.54) is 6.07 Å². The Morgan fingerprint density at radius 2 is 2.22 bits per heavy atom. The second-order valence-corrected chi connectivity index (χ2v) is 5.23. The molecule has 8 heteroatoms. The van der Waals surface area contributed by atoms with E-state index in [1.807, 2.05) is 0 Å². The number of benzene rings is 1. The molecule has 3 N–H and O–H groups in total. The second-order valence-electron chi connectivity index (χ2n) is 5.23. The molecule has 0 aliphatic carbocycles. The van der Waals surface area contributed by atoms with Gasteiger partial charge in [0.25, 0.3) is 12.3 Å². The molecule has 5 nitrogen and oxygen atoms in total. The predicted octanol–water partition coefficient (Wildman–Crippen LogP) is 2.51. The smallest absolute Gasteiger partial charge is 0.272 e. The SMILES string of the molecule is Cc1ccc(NC(=O)[C@@H]2CC[C@H](CN)O2)cc1OCC(F)F.Cl. The molecule has 0 radical (unpaired) electrons. The lowest BCUT2D eigenvalue weighted by atomic mass is 10.1. The fourth-order valence-corrected chi connectivity index (χ4v) is 2.28. The Bertz CT molecular complexity index is 531. The van der Waals surface area contributed by atoms with Crippen LogP contribution in [0.2, 0.25) is 0 Å². The van der Waals surface area contributed by atoms with Crippen LogP contribution in [-0.4, -0.2) is 37.7 Å². The highest BCUT2D eigenvalue weighted by atomic mass is 35.5. The average Bonchev–Trinajstić information content (AvgIpc) is 2.96. The van der Waals surface area contributed by atoms with Gasteiger partial charge in [-0.1, -0.05) is 6.07 Å². The minimum atomic E-state index is -2.54. The highest BCUT2D eigenvalue weighted by Gasteiger charge is 2.29. The zero-order chi connectivity index (χ0) is 16.1. The van der Waals surface area contributed by atoms with Gasteiger partial charge in [-0.05, 0) is 31.4 Å². The van der Waals surface area contributed by atoms with Crippen molar-refractivity contribution in [1.29, 1.82) is 0 Å². The van der Waals surface area contributed by atoms with Gasteiger partial charge in [-0.2, -0.15) is 0 Å². The summed E-state index contributed by atoms with van der Waals surface area (Å²) in [5, 5.41) is 2.71. The van der Waals surface area contributed by atoms with E-state index in [4.69, 9.17) is 15.2 Å². The van der Waals surface area contributed by atoms with Crippen LogP contribution in [0.4, 0.5) is 14.5 Å². The topological polar surface area (TPSA) is 73.6 Å². The number of carbonyl (C=O) groups is 1. The fraction of sp³-hybridized carbons (Fsp3) is 0.533. The van der Waals surface area contributed by atoms with Crippen LogP contribution in [-0.2, 0) is 9.53 Å². The molecule has 1 amide bonds. The van der Waals surface area contributed by atoms with Crippen LogP contribution >= 0.6 is 12.4 Å². The highest BCUT2D eigenvalue weighted by molar-refractivity contribution is 5.94. The van der Waals surface area contributed by atoms with Gasteiger partial charge in [0, 0.05) is 18.3 Å². The molecule has 23 heavy (non-hydrogen) atoms. The van der Waals surface area contributed by atoms with E-state index < -0.39 is 19.1 Å². The Morgan fingerprint density at radius 3 is 2.83 bits per heavy atom. The van der Waals surface area contributed by atoms with Crippen molar-refractivity contribution in [1.82, 2.24) is 0 Å². The minimum Gasteiger partial charge on any atom is -0.487 e. The summed E-state index contributed by atoms with van der Waals surface area (Å²) in [4.78, 5) is 12.1. The van der Waals surface area contributed by atoms with Gasteiger partial charge in [0.15, 0.2) is 0 Å². The molecule has 1 heterocycles. The third-order valence-corrected chi connectivity index (χ3v) is 3.48. The first-order chi connectivity index (χ1) is 10.5. The van der Waals surface area contributed by atoms with Gasteiger partial charge in [-0.3, -0.25) is 4.79 Å². The number of nitrogens with one attached hydrogen (secondary N) is 1. The summed E-state index contributed by atoms with van der Waals surface area (Å²) in [6, 6.07) is 4.93. The number of ether oxygens (including phenoxy) is 2. The van der Waals surface area contributed by atoms with Crippen molar-refractivity contribution in [3.8, 4) is 5.75 Å². The van der Waals surface area contributed by atoms with Crippen molar-refractivity contribution in [3.63, 3.8) is 0 Å². The van der Waals surface area contributed by atoms with Gasteiger partial charge in [0.2, 0.25) is 0 Å². The number of hydrogen-bond acceptors (Lipinski definition) is 4. The van der Waals surface area contributed by atoms with Gasteiger partial charge < -0.3 is 20.5 Å². The lowest BCUT2D eigenvalue weighted by Crippen LogP contribution is -2.29. The third kappa shape index (κ3) is 5.60. The normalized spacial score (nSPS) is 20.2. The standard InChI is InChI=1S/C15H20F2N2O3.ClH/c1-9-2-3-10(6-13(9)21-8-14(16)17)19-15(20)12-5-4-11(7-18)22-12;/h2-3,6,11-12,14H,4-5,7-8,18H2,1H3,(H,19,20);1H/t11-,12+;/m1./s1. The third-order valence-electron chi connectivity index (χ3n) is 3.48. The molecular formula is C15H21ClF2N2O3. The molecule has 2 atom stereocenters. The van der Waals surface area contributed by atoms with Crippen molar-refractivity contribution >= 4 is 24.0 Å². The van der Waals surface area contributed by atoms with Crippen molar-refractivity contribution in [2.45, 2.75) is 38.4 Å². The first-order valence-electron chi connectivity index (χ1n) is 7.17. The number of aryl methyl sites for hydroxylation is 1. The van der Waals surface area contributed by atoms with E-state index in [0.29, 0.717) is 24.4 Å². The molecule has 1 aliphatic heterocycles. The largest absolute Gasteiger partial charge is 0.487 e. The van der Waals surface area contributed by atoms with Crippen molar-refractivity contribution in [3.05, 3.63) is 23.8 Å². The predicted molar refractivity (Wildman–Crippen MR) is 85.5 cm³/mol. The summed E-state index contributed by atoms with van der Waals surface area (Å²) < 4.78 is 35.0. The molecule has 0 unspecified atom stereocenters. The van der Waals surface area contributed by atoms with Crippen LogP contribution in [0, 0.1) is 6.92 Å². The molecule has 0 bridgehead atoms. The van der Waals surface area contributed by atoms with Gasteiger partial charge in [0.1, 0.15) is 18.5 Å². The zero-order valence-corrected chi connectivity index (χ0v) is 13.6. The Kier molecular flexibility index (Phi) is 7.67. The molecule has 1 aliphatic rings. The summed E-state index contributed by atoms with van der Waals surface area (Å²) in [6.07, 6.45) is -1.78. The van der Waals surface area contributed by atoms with Crippen LogP contribution in [0.25, 0.3) is 0 Å². The number of nitrogens with two attached hydrogens (primary N) is 1. The summed E-state index contributed by atoms with van der Waals surface area (Å²) in [5.74, 6) is 0.0601. The van der Waals surface area contributed by atoms with Gasteiger partial charge in [-0.25, -0.2) is 8.78 Å². The molecule has 1 fully saturated rings. The van der Waals surface area contributed by atoms with E-state index in [-0.39, 0.29) is 24.4 Å². The number of alkyl halides is 2. The number of amides is 1. The molecule has 1 aromatic rings. The van der Waals surface area contributed by atoms with E-state index in [2.05, 4.69) is 5.32 Å². The quantitative estimate of drug-likeness (QED) is 0.826. The number of rotatable bonds is 6. The van der Waals surface area contributed by atoms with Gasteiger partial charge >= 0.3 is 0 Å². The highest BCUT2D eigenvalue weighted by Crippen LogP contribution is 2.25. The van der Waals surface area contributed by atoms with Crippen LogP contribution in [0.15, 0.2) is 18.2 Å². The minimum absolute atomic E-state index is 0.